The van der Waals surface area contributed by atoms with Crippen LogP contribution in [0.2, 0.25) is 0 Å². The number of hydrogen-bond acceptors (Lipinski definition) is 6. The number of ether oxygens (including phenoxy) is 1. The van der Waals surface area contributed by atoms with Gasteiger partial charge in [0.05, 0.1) is 5.25 Å². The standard InChI is InChI=1S/C16H19F2N5O2S/c1-10(14(24)22-8-2-3-9-22)26-16-21-20-13(23(16)19)11-4-6-12(7-5-11)25-15(17)18/h4-7,10,15H,2-3,8-9,19H2,1H3. The number of carbonyl (C=O) groups is 1. The van der Waals surface area contributed by atoms with Crippen molar-refractivity contribution in [1.82, 2.24) is 19.8 Å². The Morgan fingerprint density at radius 2 is 1.88 bits per heavy atom. The van der Waals surface area contributed by atoms with Gasteiger partial charge >= 0.3 is 6.61 Å². The van der Waals surface area contributed by atoms with Gasteiger partial charge in [-0.15, -0.1) is 10.2 Å². The van der Waals surface area contributed by atoms with Gasteiger partial charge in [0.1, 0.15) is 5.75 Å². The first-order chi connectivity index (χ1) is 12.5. The molecule has 1 aliphatic rings. The molecule has 7 nitrogen and oxygen atoms in total. The van der Waals surface area contributed by atoms with Gasteiger partial charge in [-0.1, -0.05) is 11.8 Å². The Morgan fingerprint density at radius 1 is 1.23 bits per heavy atom. The van der Waals surface area contributed by atoms with Crippen molar-refractivity contribution < 1.29 is 18.3 Å². The molecular weight excluding hydrogens is 364 g/mol. The van der Waals surface area contributed by atoms with Crippen molar-refractivity contribution in [1.29, 1.82) is 0 Å². The monoisotopic (exact) mass is 383 g/mol. The van der Waals surface area contributed by atoms with E-state index in [1.807, 2.05) is 11.8 Å². The molecule has 0 saturated carbocycles. The van der Waals surface area contributed by atoms with Crippen LogP contribution in [0.15, 0.2) is 29.4 Å². The van der Waals surface area contributed by atoms with E-state index in [1.54, 1.807) is 12.1 Å². The van der Waals surface area contributed by atoms with E-state index in [9.17, 15) is 13.6 Å². The number of likely N-dealkylation sites (tertiary alicyclic amines) is 1. The summed E-state index contributed by atoms with van der Waals surface area (Å²) in [5.74, 6) is 6.53. The lowest BCUT2D eigenvalue weighted by molar-refractivity contribution is -0.129. The second kappa shape index (κ2) is 7.90. The van der Waals surface area contributed by atoms with Crippen LogP contribution >= 0.6 is 11.8 Å². The summed E-state index contributed by atoms with van der Waals surface area (Å²) < 4.78 is 30.0. The number of nitrogen functional groups attached to an aromatic ring is 1. The van der Waals surface area contributed by atoms with E-state index in [0.717, 1.165) is 25.9 Å². The molecule has 1 aliphatic heterocycles. The van der Waals surface area contributed by atoms with E-state index >= 15 is 0 Å². The van der Waals surface area contributed by atoms with Crippen LogP contribution in [0.4, 0.5) is 8.78 Å². The van der Waals surface area contributed by atoms with Gasteiger partial charge < -0.3 is 15.5 Å². The molecular formula is C16H19F2N5O2S. The molecule has 1 unspecified atom stereocenters. The zero-order chi connectivity index (χ0) is 18.7. The Labute approximate surface area is 153 Å². The summed E-state index contributed by atoms with van der Waals surface area (Å²) in [6.07, 6.45) is 2.07. The third-order valence-corrected chi connectivity index (χ3v) is 5.09. The predicted molar refractivity (Wildman–Crippen MR) is 93.4 cm³/mol. The van der Waals surface area contributed by atoms with Crippen LogP contribution in [0.25, 0.3) is 11.4 Å². The van der Waals surface area contributed by atoms with E-state index in [-0.39, 0.29) is 16.9 Å². The fourth-order valence-electron chi connectivity index (χ4n) is 2.74. The molecule has 1 aromatic heterocycles. The van der Waals surface area contributed by atoms with Crippen LogP contribution in [0.3, 0.4) is 0 Å². The van der Waals surface area contributed by atoms with Crippen LogP contribution in [-0.2, 0) is 4.79 Å². The molecule has 1 amide bonds. The molecule has 26 heavy (non-hydrogen) atoms. The molecule has 0 bridgehead atoms. The molecule has 0 spiro atoms. The average Bonchev–Trinajstić information content (AvgIpc) is 3.26. The molecule has 10 heteroatoms. The average molecular weight is 383 g/mol. The number of amides is 1. The molecule has 1 fully saturated rings. The zero-order valence-electron chi connectivity index (χ0n) is 14.1. The van der Waals surface area contributed by atoms with Crippen LogP contribution < -0.4 is 10.6 Å². The van der Waals surface area contributed by atoms with E-state index < -0.39 is 6.61 Å². The number of benzene rings is 1. The van der Waals surface area contributed by atoms with Crippen LogP contribution in [0.1, 0.15) is 19.8 Å². The Bertz CT molecular complexity index is 763. The van der Waals surface area contributed by atoms with Crippen molar-refractivity contribution >= 4 is 17.7 Å². The summed E-state index contributed by atoms with van der Waals surface area (Å²) >= 11 is 1.24. The lowest BCUT2D eigenvalue weighted by Crippen LogP contribution is -2.34. The van der Waals surface area contributed by atoms with Crippen molar-refractivity contribution in [2.24, 2.45) is 0 Å². The number of hydrogen-bond donors (Lipinski definition) is 1. The summed E-state index contributed by atoms with van der Waals surface area (Å²) in [6, 6.07) is 5.95. The number of carbonyl (C=O) groups excluding carboxylic acids is 1. The third-order valence-electron chi connectivity index (χ3n) is 4.05. The van der Waals surface area contributed by atoms with Crippen molar-refractivity contribution in [2.75, 3.05) is 18.9 Å². The van der Waals surface area contributed by atoms with Crippen molar-refractivity contribution in [3.05, 3.63) is 24.3 Å². The molecule has 2 aromatic rings. The first kappa shape index (κ1) is 18.4. The maximum Gasteiger partial charge on any atom is 0.387 e. The van der Waals surface area contributed by atoms with Gasteiger partial charge in [0, 0.05) is 18.7 Å². The van der Waals surface area contributed by atoms with Gasteiger partial charge in [-0.3, -0.25) is 4.79 Å². The maximum absolute atomic E-state index is 12.4. The number of aromatic nitrogens is 3. The third kappa shape index (κ3) is 4.06. The first-order valence-corrected chi connectivity index (χ1v) is 9.05. The molecule has 1 aromatic carbocycles. The van der Waals surface area contributed by atoms with Crippen LogP contribution in [0, 0.1) is 0 Å². The molecule has 2 N–H and O–H groups in total. The van der Waals surface area contributed by atoms with E-state index in [1.165, 1.54) is 28.6 Å². The van der Waals surface area contributed by atoms with Crippen LogP contribution in [0.5, 0.6) is 5.75 Å². The quantitative estimate of drug-likeness (QED) is 0.609. The van der Waals surface area contributed by atoms with E-state index in [2.05, 4.69) is 14.9 Å². The summed E-state index contributed by atoms with van der Waals surface area (Å²) in [5, 5.41) is 8.17. The van der Waals surface area contributed by atoms with Gasteiger partial charge in [0.25, 0.3) is 0 Å². The smallest absolute Gasteiger partial charge is 0.387 e. The molecule has 140 valence electrons. The topological polar surface area (TPSA) is 86.3 Å². The number of rotatable bonds is 6. The normalized spacial score (nSPS) is 15.5. The van der Waals surface area contributed by atoms with Crippen molar-refractivity contribution in [3.63, 3.8) is 0 Å². The minimum Gasteiger partial charge on any atom is -0.435 e. The van der Waals surface area contributed by atoms with Crippen molar-refractivity contribution in [2.45, 2.75) is 36.8 Å². The van der Waals surface area contributed by atoms with E-state index in [0.29, 0.717) is 16.5 Å². The fourth-order valence-corrected chi connectivity index (χ4v) is 3.60. The first-order valence-electron chi connectivity index (χ1n) is 8.17. The minimum atomic E-state index is -2.88. The van der Waals surface area contributed by atoms with Gasteiger partial charge in [0.2, 0.25) is 11.1 Å². The Morgan fingerprint density at radius 3 is 2.50 bits per heavy atom. The Kier molecular flexibility index (Phi) is 5.60. The highest BCUT2D eigenvalue weighted by atomic mass is 32.2. The highest BCUT2D eigenvalue weighted by Crippen LogP contribution is 2.27. The second-order valence-corrected chi connectivity index (χ2v) is 7.18. The zero-order valence-corrected chi connectivity index (χ0v) is 15.0. The van der Waals surface area contributed by atoms with E-state index in [4.69, 9.17) is 5.84 Å². The summed E-state index contributed by atoms with van der Waals surface area (Å²) in [5.41, 5.74) is 0.604. The number of alkyl halides is 2. The molecule has 2 heterocycles. The van der Waals surface area contributed by atoms with Gasteiger partial charge in [-0.2, -0.15) is 8.78 Å². The van der Waals surface area contributed by atoms with Crippen molar-refractivity contribution in [3.8, 4) is 17.1 Å². The van der Waals surface area contributed by atoms with Gasteiger partial charge in [0.15, 0.2) is 5.82 Å². The fraction of sp³-hybridized carbons (Fsp3) is 0.438. The van der Waals surface area contributed by atoms with Crippen LogP contribution in [-0.4, -0.2) is 50.6 Å². The van der Waals surface area contributed by atoms with Gasteiger partial charge in [-0.25, -0.2) is 4.68 Å². The number of thioether (sulfide) groups is 1. The Balaban J connectivity index is 1.70. The molecule has 0 aliphatic carbocycles. The second-order valence-electron chi connectivity index (χ2n) is 5.87. The lowest BCUT2D eigenvalue weighted by atomic mass is 10.2. The summed E-state index contributed by atoms with van der Waals surface area (Å²) in [7, 11) is 0. The largest absolute Gasteiger partial charge is 0.435 e. The highest BCUT2D eigenvalue weighted by molar-refractivity contribution is 8.00. The summed E-state index contributed by atoms with van der Waals surface area (Å²) in [6.45, 7) is 0.516. The summed E-state index contributed by atoms with van der Waals surface area (Å²) in [4.78, 5) is 14.2. The highest BCUT2D eigenvalue weighted by Gasteiger charge is 2.26. The molecule has 3 rings (SSSR count). The molecule has 1 saturated heterocycles. The number of nitrogens with zero attached hydrogens (tertiary/aromatic N) is 4. The molecule has 0 radical (unpaired) electrons. The SMILES string of the molecule is CC(Sc1nnc(-c2ccc(OC(F)F)cc2)n1N)C(=O)N1CCCC1. The number of halogens is 2. The minimum absolute atomic E-state index is 0.0475. The Hall–Kier alpha value is -2.36. The maximum atomic E-state index is 12.4. The predicted octanol–water partition coefficient (Wildman–Crippen LogP) is 2.36. The molecule has 1 atom stereocenters. The lowest BCUT2D eigenvalue weighted by Gasteiger charge is -2.19. The number of nitrogens with two attached hydrogens (primary N) is 1. The van der Waals surface area contributed by atoms with Gasteiger partial charge in [-0.05, 0) is 44.0 Å².